The van der Waals surface area contributed by atoms with E-state index in [0.717, 1.165) is 48.3 Å². The fourth-order valence-electron chi connectivity index (χ4n) is 3.18. The van der Waals surface area contributed by atoms with Gasteiger partial charge in [0.25, 0.3) is 0 Å². The summed E-state index contributed by atoms with van der Waals surface area (Å²) >= 11 is 0. The second kappa shape index (κ2) is 6.08. The molecule has 1 saturated heterocycles. The number of halogens is 1. The first-order valence-corrected chi connectivity index (χ1v) is 7.92. The van der Waals surface area contributed by atoms with Crippen LogP contribution in [0.4, 0.5) is 4.39 Å². The highest BCUT2D eigenvalue weighted by molar-refractivity contribution is 5.83. The van der Waals surface area contributed by atoms with Crippen LogP contribution in [-0.4, -0.2) is 28.0 Å². The molecule has 1 aliphatic rings. The van der Waals surface area contributed by atoms with Crippen LogP contribution in [0.1, 0.15) is 30.0 Å². The van der Waals surface area contributed by atoms with Gasteiger partial charge in [-0.2, -0.15) is 5.10 Å². The minimum Gasteiger partial charge on any atom is -0.381 e. The molecule has 4 nitrogen and oxygen atoms in total. The van der Waals surface area contributed by atoms with Crippen molar-refractivity contribution >= 4 is 10.9 Å². The number of nitrogens with zero attached hydrogens (tertiary/aromatic N) is 3. The molecule has 23 heavy (non-hydrogen) atoms. The third-order valence-electron chi connectivity index (χ3n) is 4.46. The summed E-state index contributed by atoms with van der Waals surface area (Å²) in [6.45, 7) is 1.12. The zero-order valence-corrected chi connectivity index (χ0v) is 12.8. The molecule has 4 rings (SSSR count). The minimum atomic E-state index is -0.449. The zero-order valence-electron chi connectivity index (χ0n) is 12.8. The van der Waals surface area contributed by atoms with Gasteiger partial charge in [-0.15, -0.1) is 0 Å². The van der Waals surface area contributed by atoms with Crippen molar-refractivity contribution in [3.8, 4) is 5.69 Å². The number of hydrogen-bond acceptors (Lipinski definition) is 3. The van der Waals surface area contributed by atoms with Gasteiger partial charge in [0.15, 0.2) is 0 Å². The summed E-state index contributed by atoms with van der Waals surface area (Å²) in [7, 11) is 0. The predicted octanol–water partition coefficient (Wildman–Crippen LogP) is 3.78. The molecule has 3 aromatic rings. The van der Waals surface area contributed by atoms with Crippen molar-refractivity contribution < 1.29 is 9.13 Å². The lowest BCUT2D eigenvalue weighted by molar-refractivity contribution is 0.0847. The van der Waals surface area contributed by atoms with E-state index in [1.165, 1.54) is 0 Å². The summed E-state index contributed by atoms with van der Waals surface area (Å²) in [5.74, 6) is 0.417. The van der Waals surface area contributed by atoms with Crippen LogP contribution in [0.5, 0.6) is 0 Å². The molecule has 0 saturated carbocycles. The van der Waals surface area contributed by atoms with Gasteiger partial charge in [0.05, 0.1) is 23.1 Å². The molecule has 118 valence electrons. The molecule has 0 N–H and O–H groups in total. The quantitative estimate of drug-likeness (QED) is 0.739. The maximum atomic E-state index is 12.7. The van der Waals surface area contributed by atoms with Gasteiger partial charge in [-0.1, -0.05) is 12.1 Å². The number of alkyl halides is 1. The van der Waals surface area contributed by atoms with E-state index in [2.05, 4.69) is 4.98 Å². The molecule has 0 bridgehead atoms. The molecule has 2 aromatic heterocycles. The van der Waals surface area contributed by atoms with E-state index >= 15 is 0 Å². The first kappa shape index (κ1) is 14.3. The molecule has 0 amide bonds. The fraction of sp³-hybridized carbons (Fsp3) is 0.333. The van der Waals surface area contributed by atoms with E-state index in [1.807, 2.05) is 35.3 Å². The fourth-order valence-corrected chi connectivity index (χ4v) is 3.18. The van der Waals surface area contributed by atoms with Crippen molar-refractivity contribution in [3.63, 3.8) is 0 Å². The van der Waals surface area contributed by atoms with Crippen molar-refractivity contribution in [2.75, 3.05) is 13.2 Å². The monoisotopic (exact) mass is 311 g/mol. The van der Waals surface area contributed by atoms with Gasteiger partial charge in [-0.3, -0.25) is 4.98 Å². The molecular weight excluding hydrogens is 293 g/mol. The van der Waals surface area contributed by atoms with Crippen molar-refractivity contribution in [3.05, 3.63) is 54.0 Å². The summed E-state index contributed by atoms with van der Waals surface area (Å²) in [4.78, 5) is 4.25. The van der Waals surface area contributed by atoms with Gasteiger partial charge < -0.3 is 4.74 Å². The third-order valence-corrected chi connectivity index (χ3v) is 4.46. The van der Waals surface area contributed by atoms with Crippen LogP contribution in [0.25, 0.3) is 16.6 Å². The lowest BCUT2D eigenvalue weighted by atomic mass is 9.95. The van der Waals surface area contributed by atoms with E-state index in [0.29, 0.717) is 11.5 Å². The Morgan fingerprint density at radius 1 is 1.13 bits per heavy atom. The van der Waals surface area contributed by atoms with Crippen LogP contribution in [0, 0.1) is 0 Å². The molecule has 0 spiro atoms. The standard InChI is InChI=1S/C18H18FN3O/c19-11-13-1-3-15(4-2-13)22-17-12-20-8-5-16(17)18(21-22)14-6-9-23-10-7-14/h1-5,8,12,14H,6-7,9-11H2. The maximum absolute atomic E-state index is 12.7. The Labute approximate surface area is 133 Å². The lowest BCUT2D eigenvalue weighted by Crippen LogP contribution is -2.15. The molecule has 0 unspecified atom stereocenters. The van der Waals surface area contributed by atoms with Gasteiger partial charge in [0.2, 0.25) is 0 Å². The number of rotatable bonds is 3. The molecule has 0 aliphatic carbocycles. The van der Waals surface area contributed by atoms with E-state index < -0.39 is 6.67 Å². The molecule has 1 aliphatic heterocycles. The first-order valence-electron chi connectivity index (χ1n) is 7.92. The Morgan fingerprint density at radius 2 is 1.91 bits per heavy atom. The van der Waals surface area contributed by atoms with Crippen LogP contribution in [0.15, 0.2) is 42.7 Å². The van der Waals surface area contributed by atoms with Crippen LogP contribution in [-0.2, 0) is 11.4 Å². The Balaban J connectivity index is 1.82. The van der Waals surface area contributed by atoms with Gasteiger partial charge in [0.1, 0.15) is 6.67 Å². The van der Waals surface area contributed by atoms with Gasteiger partial charge >= 0.3 is 0 Å². The maximum Gasteiger partial charge on any atom is 0.115 e. The summed E-state index contributed by atoms with van der Waals surface area (Å²) in [5, 5.41) is 6.01. The van der Waals surface area contributed by atoms with Crippen LogP contribution in [0.2, 0.25) is 0 Å². The minimum absolute atomic E-state index is 0.417. The largest absolute Gasteiger partial charge is 0.381 e. The Bertz CT molecular complexity index is 807. The van der Waals surface area contributed by atoms with Gasteiger partial charge in [-0.25, -0.2) is 9.07 Å². The Kier molecular flexibility index (Phi) is 3.79. The lowest BCUT2D eigenvalue weighted by Gasteiger charge is -2.20. The Hall–Kier alpha value is -2.27. The summed E-state index contributed by atoms with van der Waals surface area (Å²) in [6.07, 6.45) is 5.64. The average molecular weight is 311 g/mol. The summed E-state index contributed by atoms with van der Waals surface area (Å²) in [5.41, 5.74) is 3.70. The highest BCUT2D eigenvalue weighted by Crippen LogP contribution is 2.32. The first-order chi connectivity index (χ1) is 11.4. The van der Waals surface area contributed by atoms with Gasteiger partial charge in [0, 0.05) is 30.7 Å². The number of fused-ring (bicyclic) bond motifs is 1. The Morgan fingerprint density at radius 3 is 2.65 bits per heavy atom. The second-order valence-electron chi connectivity index (χ2n) is 5.88. The second-order valence-corrected chi connectivity index (χ2v) is 5.88. The molecule has 3 heterocycles. The van der Waals surface area contributed by atoms with E-state index in [-0.39, 0.29) is 0 Å². The number of hydrogen-bond donors (Lipinski definition) is 0. The van der Waals surface area contributed by atoms with Crippen molar-refractivity contribution in [2.24, 2.45) is 0 Å². The highest BCUT2D eigenvalue weighted by Gasteiger charge is 2.22. The molecule has 1 fully saturated rings. The van der Waals surface area contributed by atoms with Gasteiger partial charge in [-0.05, 0) is 36.6 Å². The molecular formula is C18H18FN3O. The van der Waals surface area contributed by atoms with Crippen LogP contribution in [0.3, 0.4) is 0 Å². The summed E-state index contributed by atoms with van der Waals surface area (Å²) < 4.78 is 20.1. The molecule has 1 aromatic carbocycles. The van der Waals surface area contributed by atoms with E-state index in [9.17, 15) is 4.39 Å². The van der Waals surface area contributed by atoms with E-state index in [4.69, 9.17) is 9.84 Å². The number of ether oxygens (including phenoxy) is 1. The predicted molar refractivity (Wildman–Crippen MR) is 86.5 cm³/mol. The topological polar surface area (TPSA) is 39.9 Å². The van der Waals surface area contributed by atoms with Crippen molar-refractivity contribution in [2.45, 2.75) is 25.4 Å². The number of pyridine rings is 1. The van der Waals surface area contributed by atoms with Crippen LogP contribution >= 0.6 is 0 Å². The molecule has 0 radical (unpaired) electrons. The SMILES string of the molecule is FCc1ccc(-n2nc(C3CCOCC3)c3ccncc32)cc1. The normalized spacial score (nSPS) is 16.0. The molecule has 0 atom stereocenters. The third kappa shape index (κ3) is 2.61. The van der Waals surface area contributed by atoms with Crippen LogP contribution < -0.4 is 0 Å². The highest BCUT2D eigenvalue weighted by atomic mass is 19.1. The zero-order chi connectivity index (χ0) is 15.6. The van der Waals surface area contributed by atoms with Crippen molar-refractivity contribution in [1.82, 2.24) is 14.8 Å². The van der Waals surface area contributed by atoms with E-state index in [1.54, 1.807) is 12.1 Å². The molecule has 5 heteroatoms. The number of aromatic nitrogens is 3. The number of benzene rings is 1. The smallest absolute Gasteiger partial charge is 0.115 e. The summed E-state index contributed by atoms with van der Waals surface area (Å²) in [6, 6.07) is 9.43. The average Bonchev–Trinajstić information content (AvgIpc) is 3.02. The van der Waals surface area contributed by atoms with Crippen molar-refractivity contribution in [1.29, 1.82) is 0 Å².